The van der Waals surface area contributed by atoms with E-state index in [-0.39, 0.29) is 0 Å². The maximum absolute atomic E-state index is 5.40. The largest absolute Gasteiger partial charge is 0.381 e. The molecule has 3 heteroatoms. The molecule has 2 N–H and O–H groups in total. The Hall–Kier alpha value is -0.120. The molecule has 2 aliphatic heterocycles. The number of rotatable bonds is 5. The van der Waals surface area contributed by atoms with Crippen molar-refractivity contribution in [2.75, 3.05) is 32.8 Å². The highest BCUT2D eigenvalue weighted by Crippen LogP contribution is 2.20. The van der Waals surface area contributed by atoms with Crippen LogP contribution in [-0.4, -0.2) is 38.4 Å². The van der Waals surface area contributed by atoms with Gasteiger partial charge < -0.3 is 15.4 Å². The first-order chi connectivity index (χ1) is 7.79. The van der Waals surface area contributed by atoms with Gasteiger partial charge in [-0.1, -0.05) is 0 Å². The highest BCUT2D eigenvalue weighted by molar-refractivity contribution is 4.85. The fourth-order valence-corrected chi connectivity index (χ4v) is 2.74. The van der Waals surface area contributed by atoms with Gasteiger partial charge in [-0.05, 0) is 64.6 Å². The average molecular weight is 226 g/mol. The minimum atomic E-state index is 0.339. The van der Waals surface area contributed by atoms with Crippen LogP contribution in [-0.2, 0) is 4.74 Å². The van der Waals surface area contributed by atoms with Crippen LogP contribution in [0.1, 0.15) is 39.0 Å². The lowest BCUT2D eigenvalue weighted by atomic mass is 9.92. The van der Waals surface area contributed by atoms with Gasteiger partial charge in [-0.15, -0.1) is 0 Å². The van der Waals surface area contributed by atoms with Crippen LogP contribution in [0, 0.1) is 5.92 Å². The lowest BCUT2D eigenvalue weighted by Crippen LogP contribution is -2.47. The fraction of sp³-hybridized carbons (Fsp3) is 1.00. The summed E-state index contributed by atoms with van der Waals surface area (Å²) in [6.45, 7) is 7.84. The third kappa shape index (κ3) is 3.72. The Morgan fingerprint density at radius 3 is 2.88 bits per heavy atom. The average Bonchev–Trinajstić information content (AvgIpc) is 2.78. The molecule has 1 unspecified atom stereocenters. The van der Waals surface area contributed by atoms with Gasteiger partial charge in [-0.25, -0.2) is 0 Å². The van der Waals surface area contributed by atoms with Gasteiger partial charge in [0.2, 0.25) is 0 Å². The number of hydrogen-bond donors (Lipinski definition) is 2. The molecule has 2 saturated heterocycles. The summed E-state index contributed by atoms with van der Waals surface area (Å²) in [5.41, 5.74) is 0.339. The van der Waals surface area contributed by atoms with Crippen molar-refractivity contribution in [2.24, 2.45) is 5.92 Å². The molecule has 2 rings (SSSR count). The van der Waals surface area contributed by atoms with Crippen molar-refractivity contribution in [1.29, 1.82) is 0 Å². The molecule has 2 aliphatic rings. The summed E-state index contributed by atoms with van der Waals surface area (Å²) >= 11 is 0. The van der Waals surface area contributed by atoms with Gasteiger partial charge in [0.1, 0.15) is 0 Å². The molecule has 0 aromatic rings. The molecule has 0 bridgehead atoms. The Bertz CT molecular complexity index is 196. The van der Waals surface area contributed by atoms with Crippen LogP contribution in [0.5, 0.6) is 0 Å². The van der Waals surface area contributed by atoms with Crippen molar-refractivity contribution in [1.82, 2.24) is 10.6 Å². The lowest BCUT2D eigenvalue weighted by molar-refractivity contribution is 0.0452. The second-order valence-electron chi connectivity index (χ2n) is 5.60. The molecule has 0 aliphatic carbocycles. The molecule has 0 radical (unpaired) electrons. The Morgan fingerprint density at radius 1 is 1.38 bits per heavy atom. The van der Waals surface area contributed by atoms with E-state index in [1.165, 1.54) is 38.9 Å². The van der Waals surface area contributed by atoms with Crippen LogP contribution in [0.15, 0.2) is 0 Å². The summed E-state index contributed by atoms with van der Waals surface area (Å²) in [7, 11) is 0. The molecule has 0 saturated carbocycles. The minimum absolute atomic E-state index is 0.339. The first-order valence-corrected chi connectivity index (χ1v) is 6.82. The molecule has 2 fully saturated rings. The van der Waals surface area contributed by atoms with Crippen LogP contribution < -0.4 is 10.6 Å². The summed E-state index contributed by atoms with van der Waals surface area (Å²) < 4.78 is 5.40. The van der Waals surface area contributed by atoms with Gasteiger partial charge in [-0.3, -0.25) is 0 Å². The molecular weight excluding hydrogens is 200 g/mol. The zero-order valence-electron chi connectivity index (χ0n) is 10.6. The molecular formula is C13H26N2O. The molecule has 0 aromatic carbocycles. The predicted molar refractivity (Wildman–Crippen MR) is 66.7 cm³/mol. The fourth-order valence-electron chi connectivity index (χ4n) is 2.74. The zero-order chi connectivity index (χ0) is 11.3. The van der Waals surface area contributed by atoms with E-state index in [9.17, 15) is 0 Å². The SMILES string of the molecule is CC1(NCCCC2CCNC2)CCOCC1. The van der Waals surface area contributed by atoms with Crippen molar-refractivity contribution in [2.45, 2.75) is 44.6 Å². The summed E-state index contributed by atoms with van der Waals surface area (Å²) in [4.78, 5) is 0. The van der Waals surface area contributed by atoms with Gasteiger partial charge in [0.25, 0.3) is 0 Å². The van der Waals surface area contributed by atoms with E-state index in [1.807, 2.05) is 0 Å². The van der Waals surface area contributed by atoms with Crippen LogP contribution in [0.2, 0.25) is 0 Å². The monoisotopic (exact) mass is 226 g/mol. The quantitative estimate of drug-likeness (QED) is 0.698. The van der Waals surface area contributed by atoms with Crippen molar-refractivity contribution in [3.63, 3.8) is 0 Å². The highest BCUT2D eigenvalue weighted by atomic mass is 16.5. The van der Waals surface area contributed by atoms with Crippen LogP contribution in [0.25, 0.3) is 0 Å². The molecule has 0 aromatic heterocycles. The first kappa shape index (κ1) is 12.3. The molecule has 94 valence electrons. The molecule has 3 nitrogen and oxygen atoms in total. The van der Waals surface area contributed by atoms with E-state index in [1.54, 1.807) is 0 Å². The molecule has 0 amide bonds. The summed E-state index contributed by atoms with van der Waals surface area (Å²) in [6, 6.07) is 0. The summed E-state index contributed by atoms with van der Waals surface area (Å²) in [5.74, 6) is 0.935. The van der Waals surface area contributed by atoms with Crippen molar-refractivity contribution < 1.29 is 4.74 Å². The van der Waals surface area contributed by atoms with Gasteiger partial charge >= 0.3 is 0 Å². The zero-order valence-corrected chi connectivity index (χ0v) is 10.6. The molecule has 16 heavy (non-hydrogen) atoms. The van der Waals surface area contributed by atoms with E-state index >= 15 is 0 Å². The predicted octanol–water partition coefficient (Wildman–Crippen LogP) is 1.53. The van der Waals surface area contributed by atoms with E-state index < -0.39 is 0 Å². The Kier molecular flexibility index (Phi) is 4.62. The minimum Gasteiger partial charge on any atom is -0.381 e. The maximum atomic E-state index is 5.40. The summed E-state index contributed by atoms with van der Waals surface area (Å²) in [5, 5.41) is 7.15. The van der Waals surface area contributed by atoms with Crippen molar-refractivity contribution >= 4 is 0 Å². The van der Waals surface area contributed by atoms with E-state index in [2.05, 4.69) is 17.6 Å². The van der Waals surface area contributed by atoms with Crippen LogP contribution in [0.3, 0.4) is 0 Å². The van der Waals surface area contributed by atoms with E-state index in [0.717, 1.165) is 32.0 Å². The number of hydrogen-bond acceptors (Lipinski definition) is 3. The van der Waals surface area contributed by atoms with Crippen LogP contribution in [0.4, 0.5) is 0 Å². The van der Waals surface area contributed by atoms with Gasteiger partial charge in [-0.2, -0.15) is 0 Å². The van der Waals surface area contributed by atoms with Gasteiger partial charge in [0, 0.05) is 18.8 Å². The summed E-state index contributed by atoms with van der Waals surface area (Å²) in [6.07, 6.45) is 6.41. The first-order valence-electron chi connectivity index (χ1n) is 6.82. The van der Waals surface area contributed by atoms with Gasteiger partial charge in [0.15, 0.2) is 0 Å². The number of nitrogens with one attached hydrogen (secondary N) is 2. The Morgan fingerprint density at radius 2 is 2.19 bits per heavy atom. The Balaban J connectivity index is 1.56. The molecule has 1 atom stereocenters. The van der Waals surface area contributed by atoms with E-state index in [4.69, 9.17) is 4.74 Å². The highest BCUT2D eigenvalue weighted by Gasteiger charge is 2.26. The third-order valence-electron chi connectivity index (χ3n) is 4.10. The van der Waals surface area contributed by atoms with Gasteiger partial charge in [0.05, 0.1) is 0 Å². The van der Waals surface area contributed by atoms with E-state index in [0.29, 0.717) is 5.54 Å². The molecule has 2 heterocycles. The maximum Gasteiger partial charge on any atom is 0.0483 e. The normalized spacial score (nSPS) is 29.4. The smallest absolute Gasteiger partial charge is 0.0483 e. The second-order valence-corrected chi connectivity index (χ2v) is 5.60. The lowest BCUT2D eigenvalue weighted by Gasteiger charge is -2.34. The second kappa shape index (κ2) is 5.99. The van der Waals surface area contributed by atoms with Crippen LogP contribution >= 0.6 is 0 Å². The number of ether oxygens (including phenoxy) is 1. The third-order valence-corrected chi connectivity index (χ3v) is 4.10. The molecule has 0 spiro atoms. The van der Waals surface area contributed by atoms with Crippen molar-refractivity contribution in [3.05, 3.63) is 0 Å². The topological polar surface area (TPSA) is 33.3 Å². The Labute approximate surface area is 99.3 Å². The van der Waals surface area contributed by atoms with Crippen molar-refractivity contribution in [3.8, 4) is 0 Å². The standard InChI is InChI=1S/C13H26N2O/c1-13(5-9-16-10-6-13)15-7-2-3-12-4-8-14-11-12/h12,14-15H,2-11H2,1H3.